The van der Waals surface area contributed by atoms with Crippen molar-refractivity contribution in [3.05, 3.63) is 29.8 Å². The Morgan fingerprint density at radius 2 is 2.00 bits per heavy atom. The number of para-hydroxylation sites is 1. The number of nitrogens with one attached hydrogen (secondary N) is 1. The fourth-order valence-electron chi connectivity index (χ4n) is 2.13. The summed E-state index contributed by atoms with van der Waals surface area (Å²) in [4.78, 5) is 14.3. The number of ether oxygens (including phenoxy) is 1. The van der Waals surface area contributed by atoms with E-state index < -0.39 is 5.41 Å². The predicted molar refractivity (Wildman–Crippen MR) is 77.6 cm³/mol. The SMILES string of the molecule is CNCCN(C)C(=O)C(C)(C)c1ccccc1OC. The average Bonchev–Trinajstić information content (AvgIpc) is 2.43. The van der Waals surface area contributed by atoms with Gasteiger partial charge in [-0.15, -0.1) is 0 Å². The second-order valence-corrected chi connectivity index (χ2v) is 5.16. The highest BCUT2D eigenvalue weighted by molar-refractivity contribution is 5.88. The molecule has 1 aromatic rings. The number of nitrogens with zero attached hydrogens (tertiary/aromatic N) is 1. The van der Waals surface area contributed by atoms with Crippen LogP contribution in [0.5, 0.6) is 5.75 Å². The number of benzene rings is 1. The highest BCUT2D eigenvalue weighted by atomic mass is 16.5. The van der Waals surface area contributed by atoms with Crippen molar-refractivity contribution in [1.82, 2.24) is 10.2 Å². The van der Waals surface area contributed by atoms with Gasteiger partial charge in [-0.3, -0.25) is 4.79 Å². The summed E-state index contributed by atoms with van der Waals surface area (Å²) in [7, 11) is 5.34. The van der Waals surface area contributed by atoms with Crippen LogP contribution in [0.15, 0.2) is 24.3 Å². The van der Waals surface area contributed by atoms with Crippen molar-refractivity contribution in [2.75, 3.05) is 34.3 Å². The molecule has 4 heteroatoms. The van der Waals surface area contributed by atoms with Crippen LogP contribution in [0.4, 0.5) is 0 Å². The highest BCUT2D eigenvalue weighted by Gasteiger charge is 2.34. The molecule has 0 saturated heterocycles. The van der Waals surface area contributed by atoms with E-state index in [1.54, 1.807) is 12.0 Å². The zero-order chi connectivity index (χ0) is 14.5. The Hall–Kier alpha value is -1.55. The van der Waals surface area contributed by atoms with Crippen molar-refractivity contribution in [1.29, 1.82) is 0 Å². The van der Waals surface area contributed by atoms with E-state index in [2.05, 4.69) is 5.32 Å². The van der Waals surface area contributed by atoms with Gasteiger partial charge in [0, 0.05) is 25.7 Å². The zero-order valence-corrected chi connectivity index (χ0v) is 12.5. The zero-order valence-electron chi connectivity index (χ0n) is 12.5. The van der Waals surface area contributed by atoms with E-state index in [1.165, 1.54) is 0 Å². The second kappa shape index (κ2) is 6.57. The quantitative estimate of drug-likeness (QED) is 0.849. The first-order valence-corrected chi connectivity index (χ1v) is 6.48. The van der Waals surface area contributed by atoms with E-state index in [4.69, 9.17) is 4.74 Å². The van der Waals surface area contributed by atoms with Crippen molar-refractivity contribution in [2.24, 2.45) is 0 Å². The number of carbonyl (C=O) groups excluding carboxylic acids is 1. The fourth-order valence-corrected chi connectivity index (χ4v) is 2.13. The molecule has 1 rings (SSSR count). The maximum absolute atomic E-state index is 12.6. The van der Waals surface area contributed by atoms with Gasteiger partial charge in [-0.25, -0.2) is 0 Å². The van der Waals surface area contributed by atoms with E-state index >= 15 is 0 Å². The minimum atomic E-state index is -0.602. The van der Waals surface area contributed by atoms with Gasteiger partial charge in [-0.2, -0.15) is 0 Å². The molecule has 0 fully saturated rings. The summed E-state index contributed by atoms with van der Waals surface area (Å²) in [6.45, 7) is 5.34. The molecular formula is C15H24N2O2. The summed E-state index contributed by atoms with van der Waals surface area (Å²) >= 11 is 0. The van der Waals surface area contributed by atoms with E-state index in [-0.39, 0.29) is 5.91 Å². The Kier molecular flexibility index (Phi) is 5.36. The van der Waals surface area contributed by atoms with Crippen LogP contribution in [0.1, 0.15) is 19.4 Å². The molecule has 106 valence electrons. The van der Waals surface area contributed by atoms with Gasteiger partial charge in [0.15, 0.2) is 0 Å². The Bertz CT molecular complexity index is 430. The maximum atomic E-state index is 12.6. The minimum Gasteiger partial charge on any atom is -0.496 e. The summed E-state index contributed by atoms with van der Waals surface area (Å²) in [5, 5.41) is 3.05. The third-order valence-corrected chi connectivity index (χ3v) is 3.36. The molecule has 0 radical (unpaired) electrons. The Labute approximate surface area is 115 Å². The minimum absolute atomic E-state index is 0.0900. The number of rotatable bonds is 6. The average molecular weight is 264 g/mol. The molecule has 1 aromatic carbocycles. The lowest BCUT2D eigenvalue weighted by Gasteiger charge is -2.30. The number of hydrogen-bond acceptors (Lipinski definition) is 3. The normalized spacial score (nSPS) is 11.2. The van der Waals surface area contributed by atoms with Crippen molar-refractivity contribution in [2.45, 2.75) is 19.3 Å². The molecule has 0 unspecified atom stereocenters. The summed E-state index contributed by atoms with van der Waals surface area (Å²) in [6.07, 6.45) is 0. The maximum Gasteiger partial charge on any atom is 0.232 e. The smallest absolute Gasteiger partial charge is 0.232 e. The summed E-state index contributed by atoms with van der Waals surface area (Å²) in [5.74, 6) is 0.843. The standard InChI is InChI=1S/C15H24N2O2/c1-15(2,14(18)17(4)11-10-16-3)12-8-6-7-9-13(12)19-5/h6-9,16H,10-11H2,1-5H3. The van der Waals surface area contributed by atoms with Gasteiger partial charge in [-0.05, 0) is 27.0 Å². The summed E-state index contributed by atoms with van der Waals surface area (Å²) < 4.78 is 5.36. The molecule has 4 nitrogen and oxygen atoms in total. The molecule has 0 spiro atoms. The molecule has 0 bridgehead atoms. The van der Waals surface area contributed by atoms with Gasteiger partial charge in [0.2, 0.25) is 5.91 Å². The van der Waals surface area contributed by atoms with Crippen LogP contribution in [0.3, 0.4) is 0 Å². The van der Waals surface area contributed by atoms with Crippen molar-refractivity contribution >= 4 is 5.91 Å². The number of amides is 1. The van der Waals surface area contributed by atoms with Crippen LogP contribution in [0, 0.1) is 0 Å². The Morgan fingerprint density at radius 1 is 1.37 bits per heavy atom. The first-order valence-electron chi connectivity index (χ1n) is 6.48. The molecule has 0 aliphatic rings. The Balaban J connectivity index is 2.98. The summed E-state index contributed by atoms with van der Waals surface area (Å²) in [5.41, 5.74) is 0.313. The molecule has 0 aliphatic heterocycles. The van der Waals surface area contributed by atoms with Crippen LogP contribution >= 0.6 is 0 Å². The van der Waals surface area contributed by atoms with Crippen LogP contribution in [0.2, 0.25) is 0 Å². The molecular weight excluding hydrogens is 240 g/mol. The van der Waals surface area contributed by atoms with E-state index in [1.807, 2.05) is 52.2 Å². The molecule has 0 atom stereocenters. The molecule has 1 N–H and O–H groups in total. The monoisotopic (exact) mass is 264 g/mol. The number of methoxy groups -OCH3 is 1. The molecule has 0 aromatic heterocycles. The lowest BCUT2D eigenvalue weighted by atomic mass is 9.82. The topological polar surface area (TPSA) is 41.6 Å². The highest BCUT2D eigenvalue weighted by Crippen LogP contribution is 2.32. The van der Waals surface area contributed by atoms with Gasteiger partial charge >= 0.3 is 0 Å². The van der Waals surface area contributed by atoms with Crippen LogP contribution < -0.4 is 10.1 Å². The lowest BCUT2D eigenvalue weighted by molar-refractivity contribution is -0.134. The van der Waals surface area contributed by atoms with Crippen molar-refractivity contribution < 1.29 is 9.53 Å². The lowest BCUT2D eigenvalue weighted by Crippen LogP contribution is -2.43. The number of likely N-dealkylation sites (N-methyl/N-ethyl adjacent to an activating group) is 2. The van der Waals surface area contributed by atoms with Gasteiger partial charge < -0.3 is 15.0 Å². The van der Waals surface area contributed by atoms with Crippen molar-refractivity contribution in [3.63, 3.8) is 0 Å². The summed E-state index contributed by atoms with van der Waals surface area (Å²) in [6, 6.07) is 7.68. The van der Waals surface area contributed by atoms with Gasteiger partial charge in [0.05, 0.1) is 12.5 Å². The van der Waals surface area contributed by atoms with Gasteiger partial charge in [-0.1, -0.05) is 18.2 Å². The third-order valence-electron chi connectivity index (χ3n) is 3.36. The molecule has 0 aliphatic carbocycles. The Morgan fingerprint density at radius 3 is 2.58 bits per heavy atom. The number of carbonyl (C=O) groups is 1. The van der Waals surface area contributed by atoms with Crippen LogP contribution in [0.25, 0.3) is 0 Å². The molecule has 1 amide bonds. The third kappa shape index (κ3) is 3.47. The molecule has 19 heavy (non-hydrogen) atoms. The van der Waals surface area contributed by atoms with E-state index in [9.17, 15) is 4.79 Å². The van der Waals surface area contributed by atoms with Crippen LogP contribution in [-0.4, -0.2) is 45.1 Å². The van der Waals surface area contributed by atoms with Crippen LogP contribution in [-0.2, 0) is 10.2 Å². The molecule has 0 heterocycles. The first kappa shape index (κ1) is 15.5. The van der Waals surface area contributed by atoms with Gasteiger partial charge in [0.1, 0.15) is 5.75 Å². The van der Waals surface area contributed by atoms with Crippen molar-refractivity contribution in [3.8, 4) is 5.75 Å². The number of hydrogen-bond donors (Lipinski definition) is 1. The fraction of sp³-hybridized carbons (Fsp3) is 0.533. The van der Waals surface area contributed by atoms with Gasteiger partial charge in [0.25, 0.3) is 0 Å². The second-order valence-electron chi connectivity index (χ2n) is 5.16. The first-order chi connectivity index (χ1) is 8.95. The van der Waals surface area contributed by atoms with E-state index in [0.717, 1.165) is 17.9 Å². The molecule has 0 saturated carbocycles. The predicted octanol–water partition coefficient (Wildman–Crippen LogP) is 1.65. The van der Waals surface area contributed by atoms with E-state index in [0.29, 0.717) is 6.54 Å². The largest absolute Gasteiger partial charge is 0.496 e.